The predicted molar refractivity (Wildman–Crippen MR) is 67.9 cm³/mol. The van der Waals surface area contributed by atoms with Crippen molar-refractivity contribution < 1.29 is 14.3 Å². The Morgan fingerprint density at radius 1 is 1.44 bits per heavy atom. The highest BCUT2D eigenvalue weighted by atomic mass is 16.7. The second-order valence-corrected chi connectivity index (χ2v) is 5.22. The zero-order valence-corrected chi connectivity index (χ0v) is 11.2. The van der Waals surface area contributed by atoms with Gasteiger partial charge in [0, 0.05) is 13.0 Å². The van der Waals surface area contributed by atoms with Gasteiger partial charge in [0.2, 0.25) is 5.91 Å². The van der Waals surface area contributed by atoms with E-state index in [1.165, 1.54) is 0 Å². The third-order valence-electron chi connectivity index (χ3n) is 3.73. The molecule has 5 nitrogen and oxygen atoms in total. The van der Waals surface area contributed by atoms with Crippen LogP contribution in [0.25, 0.3) is 0 Å². The molecule has 2 saturated heterocycles. The molecule has 2 rings (SSSR count). The maximum atomic E-state index is 12.2. The molecule has 1 spiro atoms. The van der Waals surface area contributed by atoms with Crippen molar-refractivity contribution in [3.05, 3.63) is 0 Å². The van der Waals surface area contributed by atoms with E-state index in [2.05, 4.69) is 6.92 Å². The molecular formula is C13H24N2O3. The highest BCUT2D eigenvalue weighted by molar-refractivity contribution is 5.81. The van der Waals surface area contributed by atoms with Crippen LogP contribution in [0.15, 0.2) is 0 Å². The van der Waals surface area contributed by atoms with Gasteiger partial charge in [-0.3, -0.25) is 4.79 Å². The summed E-state index contributed by atoms with van der Waals surface area (Å²) in [6.45, 7) is 4.67. The molecule has 2 aliphatic rings. The van der Waals surface area contributed by atoms with Gasteiger partial charge in [-0.25, -0.2) is 0 Å². The normalized spacial score (nSPS) is 24.4. The number of nitrogens with two attached hydrogens (primary N) is 1. The van der Waals surface area contributed by atoms with Gasteiger partial charge < -0.3 is 20.1 Å². The Morgan fingerprint density at radius 3 is 2.83 bits per heavy atom. The summed E-state index contributed by atoms with van der Waals surface area (Å²) in [7, 11) is 0. The lowest BCUT2D eigenvalue weighted by molar-refractivity contribution is -0.193. The Labute approximate surface area is 109 Å². The Hall–Kier alpha value is -0.650. The number of rotatable bonds is 4. The third-order valence-corrected chi connectivity index (χ3v) is 3.73. The van der Waals surface area contributed by atoms with Crippen molar-refractivity contribution in [1.82, 2.24) is 4.90 Å². The van der Waals surface area contributed by atoms with Gasteiger partial charge in [-0.05, 0) is 12.8 Å². The molecule has 0 bridgehead atoms. The molecule has 1 atom stereocenters. The van der Waals surface area contributed by atoms with E-state index in [1.54, 1.807) is 0 Å². The fraction of sp³-hybridized carbons (Fsp3) is 0.923. The van der Waals surface area contributed by atoms with Crippen LogP contribution in [-0.2, 0) is 14.3 Å². The zero-order chi connectivity index (χ0) is 13.0. The van der Waals surface area contributed by atoms with Crippen LogP contribution in [0.5, 0.6) is 0 Å². The van der Waals surface area contributed by atoms with Crippen molar-refractivity contribution in [3.8, 4) is 0 Å². The molecule has 1 amide bonds. The maximum Gasteiger partial charge on any atom is 0.239 e. The van der Waals surface area contributed by atoms with Crippen LogP contribution in [0.3, 0.4) is 0 Å². The predicted octanol–water partition coefficient (Wildman–Crippen LogP) is 0.869. The quantitative estimate of drug-likeness (QED) is 0.810. The first kappa shape index (κ1) is 13.8. The van der Waals surface area contributed by atoms with E-state index in [9.17, 15) is 4.79 Å². The van der Waals surface area contributed by atoms with E-state index in [-0.39, 0.29) is 11.9 Å². The number of ether oxygens (including phenoxy) is 2. The molecule has 0 radical (unpaired) electrons. The third kappa shape index (κ3) is 3.02. The number of carbonyl (C=O) groups excluding carboxylic acids is 1. The summed E-state index contributed by atoms with van der Waals surface area (Å²) in [6.07, 6.45) is 4.63. The van der Waals surface area contributed by atoms with Crippen molar-refractivity contribution >= 4 is 5.91 Å². The topological polar surface area (TPSA) is 64.8 Å². The molecule has 104 valence electrons. The lowest BCUT2D eigenvalue weighted by atomic mass is 10.0. The second kappa shape index (κ2) is 5.99. The first-order valence-electron chi connectivity index (χ1n) is 6.99. The zero-order valence-electron chi connectivity index (χ0n) is 11.2. The number of nitrogens with zero attached hydrogens (tertiary/aromatic N) is 1. The summed E-state index contributed by atoms with van der Waals surface area (Å²) in [4.78, 5) is 14.0. The van der Waals surface area contributed by atoms with Gasteiger partial charge in [0.05, 0.1) is 25.8 Å². The smallest absolute Gasteiger partial charge is 0.239 e. The van der Waals surface area contributed by atoms with E-state index in [1.807, 2.05) is 4.90 Å². The molecule has 5 heteroatoms. The van der Waals surface area contributed by atoms with Gasteiger partial charge in [-0.15, -0.1) is 0 Å². The SMILES string of the molecule is CCCC[C@@H](N)C(=O)N1CCCC2(C1)OCCO2. The molecular weight excluding hydrogens is 232 g/mol. The summed E-state index contributed by atoms with van der Waals surface area (Å²) >= 11 is 0. The van der Waals surface area contributed by atoms with E-state index < -0.39 is 5.79 Å². The highest BCUT2D eigenvalue weighted by Crippen LogP contribution is 2.30. The van der Waals surface area contributed by atoms with Gasteiger partial charge in [0.25, 0.3) is 0 Å². The molecule has 2 N–H and O–H groups in total. The first-order chi connectivity index (χ1) is 8.67. The molecule has 2 fully saturated rings. The lowest BCUT2D eigenvalue weighted by Gasteiger charge is -2.39. The highest BCUT2D eigenvalue weighted by Gasteiger charge is 2.42. The average Bonchev–Trinajstić information content (AvgIpc) is 2.83. The van der Waals surface area contributed by atoms with Crippen molar-refractivity contribution in [3.63, 3.8) is 0 Å². The summed E-state index contributed by atoms with van der Waals surface area (Å²) in [5.74, 6) is -0.500. The Morgan fingerprint density at radius 2 is 2.17 bits per heavy atom. The molecule has 18 heavy (non-hydrogen) atoms. The largest absolute Gasteiger partial charge is 0.346 e. The molecule has 2 aliphatic heterocycles. The second-order valence-electron chi connectivity index (χ2n) is 5.22. The van der Waals surface area contributed by atoms with Gasteiger partial charge in [-0.2, -0.15) is 0 Å². The van der Waals surface area contributed by atoms with E-state index in [4.69, 9.17) is 15.2 Å². The minimum Gasteiger partial charge on any atom is -0.346 e. The number of amides is 1. The van der Waals surface area contributed by atoms with Crippen LogP contribution in [0.4, 0.5) is 0 Å². The number of hydrogen-bond acceptors (Lipinski definition) is 4. The van der Waals surface area contributed by atoms with Crippen LogP contribution in [0.1, 0.15) is 39.0 Å². The Balaban J connectivity index is 1.89. The van der Waals surface area contributed by atoms with Crippen LogP contribution in [-0.4, -0.2) is 48.9 Å². The average molecular weight is 256 g/mol. The number of likely N-dealkylation sites (tertiary alicyclic amines) is 1. The van der Waals surface area contributed by atoms with Gasteiger partial charge in [0.15, 0.2) is 5.79 Å². The van der Waals surface area contributed by atoms with Gasteiger partial charge in [0.1, 0.15) is 0 Å². The van der Waals surface area contributed by atoms with Crippen molar-refractivity contribution in [1.29, 1.82) is 0 Å². The molecule has 0 saturated carbocycles. The number of hydrogen-bond donors (Lipinski definition) is 1. The van der Waals surface area contributed by atoms with E-state index in [0.29, 0.717) is 19.8 Å². The standard InChI is InChI=1S/C13H24N2O3/c1-2-3-5-11(14)12(16)15-7-4-6-13(10-15)17-8-9-18-13/h11H,2-10,14H2,1H3/t11-/m1/s1. The van der Waals surface area contributed by atoms with E-state index >= 15 is 0 Å². The van der Waals surface area contributed by atoms with Crippen LogP contribution < -0.4 is 5.73 Å². The molecule has 0 aromatic carbocycles. The fourth-order valence-corrected chi connectivity index (χ4v) is 2.69. The Kier molecular flexibility index (Phi) is 4.59. The van der Waals surface area contributed by atoms with Crippen LogP contribution >= 0.6 is 0 Å². The molecule has 2 heterocycles. The monoisotopic (exact) mass is 256 g/mol. The van der Waals surface area contributed by atoms with Crippen LogP contribution in [0, 0.1) is 0 Å². The minimum atomic E-state index is -0.543. The molecule has 0 unspecified atom stereocenters. The number of carbonyl (C=O) groups is 1. The maximum absolute atomic E-state index is 12.2. The minimum absolute atomic E-state index is 0.0432. The summed E-state index contributed by atoms with van der Waals surface area (Å²) in [5, 5.41) is 0. The molecule has 0 aromatic heterocycles. The lowest BCUT2D eigenvalue weighted by Crippen LogP contribution is -2.54. The van der Waals surface area contributed by atoms with Crippen molar-refractivity contribution in [2.45, 2.75) is 50.9 Å². The van der Waals surface area contributed by atoms with Crippen molar-refractivity contribution in [2.75, 3.05) is 26.3 Å². The summed E-state index contributed by atoms with van der Waals surface area (Å²) in [5.41, 5.74) is 5.95. The molecule has 0 aromatic rings. The Bertz CT molecular complexity index is 290. The van der Waals surface area contributed by atoms with Crippen LogP contribution in [0.2, 0.25) is 0 Å². The van der Waals surface area contributed by atoms with Crippen molar-refractivity contribution in [2.24, 2.45) is 5.73 Å². The summed E-state index contributed by atoms with van der Waals surface area (Å²) < 4.78 is 11.3. The first-order valence-corrected chi connectivity index (χ1v) is 6.99. The number of piperidine rings is 1. The van der Waals surface area contributed by atoms with Gasteiger partial charge >= 0.3 is 0 Å². The van der Waals surface area contributed by atoms with E-state index in [0.717, 1.165) is 38.6 Å². The summed E-state index contributed by atoms with van der Waals surface area (Å²) in [6, 6.07) is -0.374. The number of unbranched alkanes of at least 4 members (excludes halogenated alkanes) is 1. The van der Waals surface area contributed by atoms with Gasteiger partial charge in [-0.1, -0.05) is 19.8 Å². The fourth-order valence-electron chi connectivity index (χ4n) is 2.69. The molecule has 0 aliphatic carbocycles.